The van der Waals surface area contributed by atoms with Crippen LogP contribution in [-0.4, -0.2) is 49.0 Å². The number of carbonyl (C=O) groups is 1. The van der Waals surface area contributed by atoms with Gasteiger partial charge in [0.2, 0.25) is 11.7 Å². The van der Waals surface area contributed by atoms with Gasteiger partial charge in [-0.15, -0.1) is 0 Å². The fourth-order valence-electron chi connectivity index (χ4n) is 1.11. The fraction of sp³-hybridized carbons (Fsp3) is 0.700. The van der Waals surface area contributed by atoms with Crippen LogP contribution in [0.15, 0.2) is 4.52 Å². The molecule has 1 aromatic rings. The maximum atomic E-state index is 12.0. The van der Waals surface area contributed by atoms with Crippen LogP contribution in [0.2, 0.25) is 0 Å². The van der Waals surface area contributed by atoms with E-state index in [2.05, 4.69) is 14.7 Å². The summed E-state index contributed by atoms with van der Waals surface area (Å²) in [6.45, 7) is 1.13. The summed E-state index contributed by atoms with van der Waals surface area (Å²) in [5, 5.41) is 3.45. The number of rotatable bonds is 8. The molecular weight excluding hydrogens is 269 g/mol. The Kier molecular flexibility index (Phi) is 5.90. The van der Waals surface area contributed by atoms with Crippen molar-refractivity contribution in [2.45, 2.75) is 19.0 Å². The first-order valence-electron chi connectivity index (χ1n) is 5.41. The molecule has 0 N–H and O–H groups in total. The van der Waals surface area contributed by atoms with Crippen LogP contribution in [0.4, 0.5) is 13.2 Å². The van der Waals surface area contributed by atoms with Gasteiger partial charge < -0.3 is 14.0 Å². The van der Waals surface area contributed by atoms with Crippen LogP contribution in [0.25, 0.3) is 0 Å². The van der Waals surface area contributed by atoms with Crippen molar-refractivity contribution < 1.29 is 32.0 Å². The van der Waals surface area contributed by atoms with Crippen molar-refractivity contribution in [1.82, 2.24) is 10.1 Å². The van der Waals surface area contributed by atoms with Crippen molar-refractivity contribution >= 4 is 5.78 Å². The third kappa shape index (κ3) is 5.79. The largest absolute Gasteiger partial charge is 0.450 e. The lowest BCUT2D eigenvalue weighted by atomic mass is 10.3. The van der Waals surface area contributed by atoms with E-state index in [1.165, 1.54) is 7.11 Å². The quantitative estimate of drug-likeness (QED) is 0.661. The van der Waals surface area contributed by atoms with E-state index in [4.69, 9.17) is 9.47 Å². The highest BCUT2D eigenvalue weighted by atomic mass is 19.4. The van der Waals surface area contributed by atoms with Gasteiger partial charge >= 0.3 is 6.18 Å². The molecule has 0 aliphatic carbocycles. The van der Waals surface area contributed by atoms with Gasteiger partial charge in [-0.3, -0.25) is 4.79 Å². The molecule has 1 rings (SSSR count). The van der Waals surface area contributed by atoms with Crippen LogP contribution < -0.4 is 0 Å². The number of hydrogen-bond donors (Lipinski definition) is 0. The second-order valence-electron chi connectivity index (χ2n) is 3.56. The highest BCUT2D eigenvalue weighted by Crippen LogP contribution is 2.18. The van der Waals surface area contributed by atoms with E-state index in [1.807, 2.05) is 0 Å². The molecule has 0 radical (unpaired) electrons. The van der Waals surface area contributed by atoms with E-state index >= 15 is 0 Å². The molecule has 19 heavy (non-hydrogen) atoms. The Bertz CT molecular complexity index is 406. The number of hydrogen-bond acceptors (Lipinski definition) is 6. The Labute approximate surface area is 106 Å². The molecule has 9 heteroatoms. The minimum absolute atomic E-state index is 0.197. The lowest BCUT2D eigenvalue weighted by molar-refractivity contribution is -0.170. The maximum absolute atomic E-state index is 12.0. The molecule has 0 atom stereocenters. The minimum atomic E-state index is -4.89. The number of methoxy groups -OCH3 is 1. The number of ether oxygens (including phenoxy) is 2. The molecule has 1 heterocycles. The molecule has 0 saturated carbocycles. The molecule has 0 saturated heterocycles. The number of Topliss-reactive ketones (excluding diaryl/α,β-unsaturated/α-hetero) is 1. The number of nitrogens with zero attached hydrogens (tertiary/aromatic N) is 2. The minimum Gasteiger partial charge on any atom is -0.382 e. The monoisotopic (exact) mass is 282 g/mol. The van der Waals surface area contributed by atoms with Crippen molar-refractivity contribution in [3.8, 4) is 0 Å². The second kappa shape index (κ2) is 7.19. The zero-order chi connectivity index (χ0) is 14.3. The van der Waals surface area contributed by atoms with Crippen LogP contribution in [0.3, 0.4) is 0 Å². The van der Waals surface area contributed by atoms with E-state index in [0.29, 0.717) is 13.2 Å². The van der Waals surface area contributed by atoms with E-state index in [-0.39, 0.29) is 24.7 Å². The predicted octanol–water partition coefficient (Wildman–Crippen LogP) is 0.949. The molecule has 108 valence electrons. The smallest absolute Gasteiger partial charge is 0.382 e. The first-order chi connectivity index (χ1) is 8.93. The molecule has 0 spiro atoms. The van der Waals surface area contributed by atoms with Crippen molar-refractivity contribution in [1.29, 1.82) is 0 Å². The molecule has 0 unspecified atom stereocenters. The summed E-state index contributed by atoms with van der Waals surface area (Å²) in [5.74, 6) is -2.07. The molecule has 6 nitrogen and oxygen atoms in total. The third-order valence-electron chi connectivity index (χ3n) is 2.04. The van der Waals surface area contributed by atoms with Gasteiger partial charge in [-0.1, -0.05) is 5.16 Å². The van der Waals surface area contributed by atoms with Gasteiger partial charge in [-0.25, -0.2) is 0 Å². The Balaban J connectivity index is 2.34. The van der Waals surface area contributed by atoms with E-state index < -0.39 is 18.4 Å². The van der Waals surface area contributed by atoms with E-state index in [9.17, 15) is 18.0 Å². The Morgan fingerprint density at radius 3 is 2.68 bits per heavy atom. The van der Waals surface area contributed by atoms with Crippen LogP contribution in [-0.2, 0) is 27.1 Å². The molecule has 0 aromatic carbocycles. The summed E-state index contributed by atoms with van der Waals surface area (Å²) in [5.41, 5.74) is 0. The molecule has 0 aliphatic rings. The zero-order valence-electron chi connectivity index (χ0n) is 10.2. The van der Waals surface area contributed by atoms with Crippen LogP contribution >= 0.6 is 0 Å². The number of ketones is 1. The van der Waals surface area contributed by atoms with Crippen LogP contribution in [0.1, 0.15) is 11.7 Å². The summed E-state index contributed by atoms with van der Waals surface area (Å²) in [4.78, 5) is 14.4. The third-order valence-corrected chi connectivity index (χ3v) is 2.04. The second-order valence-corrected chi connectivity index (χ2v) is 3.56. The SMILES string of the molecule is COCCOCCc1noc(CC(=O)C(F)(F)F)n1. The molecule has 0 bridgehead atoms. The Morgan fingerprint density at radius 2 is 2.05 bits per heavy atom. The number of aromatic nitrogens is 2. The van der Waals surface area contributed by atoms with Gasteiger partial charge in [-0.2, -0.15) is 18.2 Å². The molecule has 0 fully saturated rings. The van der Waals surface area contributed by atoms with Gasteiger partial charge in [0, 0.05) is 13.5 Å². The average Bonchev–Trinajstić information content (AvgIpc) is 2.75. The molecule has 0 aliphatic heterocycles. The molecule has 0 amide bonds. The summed E-state index contributed by atoms with van der Waals surface area (Å²) >= 11 is 0. The normalized spacial score (nSPS) is 11.8. The van der Waals surface area contributed by atoms with Crippen molar-refractivity contribution in [3.05, 3.63) is 11.7 Å². The van der Waals surface area contributed by atoms with Gasteiger partial charge in [0.05, 0.1) is 26.2 Å². The zero-order valence-corrected chi connectivity index (χ0v) is 10.2. The maximum Gasteiger partial charge on any atom is 0.450 e. The van der Waals surface area contributed by atoms with E-state index in [1.54, 1.807) is 0 Å². The predicted molar refractivity (Wildman–Crippen MR) is 55.5 cm³/mol. The first kappa shape index (κ1) is 15.6. The van der Waals surface area contributed by atoms with Gasteiger partial charge in [0.15, 0.2) is 5.82 Å². The van der Waals surface area contributed by atoms with Crippen molar-refractivity contribution in [2.24, 2.45) is 0 Å². The Hall–Kier alpha value is -1.48. The van der Waals surface area contributed by atoms with Crippen LogP contribution in [0.5, 0.6) is 0 Å². The first-order valence-corrected chi connectivity index (χ1v) is 5.41. The van der Waals surface area contributed by atoms with E-state index in [0.717, 1.165) is 0 Å². The standard InChI is InChI=1S/C10H13F3N2O4/c1-17-4-5-18-3-2-8-14-9(19-15-8)6-7(16)10(11,12)13/h2-6H2,1H3. The molecular formula is C10H13F3N2O4. The highest BCUT2D eigenvalue weighted by Gasteiger charge is 2.39. The number of alkyl halides is 3. The summed E-state index contributed by atoms with van der Waals surface area (Å²) in [7, 11) is 1.53. The fourth-order valence-corrected chi connectivity index (χ4v) is 1.11. The highest BCUT2D eigenvalue weighted by molar-refractivity contribution is 5.85. The Morgan fingerprint density at radius 1 is 1.32 bits per heavy atom. The lowest BCUT2D eigenvalue weighted by Gasteiger charge is -2.01. The number of carbonyl (C=O) groups excluding carboxylic acids is 1. The molecule has 1 aromatic heterocycles. The van der Waals surface area contributed by atoms with Crippen LogP contribution in [0, 0.1) is 0 Å². The number of halogens is 3. The summed E-state index contributed by atoms with van der Waals surface area (Å²) < 4.78 is 50.4. The summed E-state index contributed by atoms with van der Waals surface area (Å²) in [6, 6.07) is 0. The van der Waals surface area contributed by atoms with Gasteiger partial charge in [0.25, 0.3) is 0 Å². The van der Waals surface area contributed by atoms with Crippen molar-refractivity contribution in [3.63, 3.8) is 0 Å². The topological polar surface area (TPSA) is 74.5 Å². The van der Waals surface area contributed by atoms with Gasteiger partial charge in [0.1, 0.15) is 0 Å². The average molecular weight is 282 g/mol. The lowest BCUT2D eigenvalue weighted by Crippen LogP contribution is -2.24. The van der Waals surface area contributed by atoms with Gasteiger partial charge in [-0.05, 0) is 0 Å². The van der Waals surface area contributed by atoms with Crippen molar-refractivity contribution in [2.75, 3.05) is 26.9 Å². The summed E-state index contributed by atoms with van der Waals surface area (Å²) in [6.07, 6.45) is -5.55.